The van der Waals surface area contributed by atoms with Gasteiger partial charge >= 0.3 is 0 Å². The molecule has 0 amide bonds. The van der Waals surface area contributed by atoms with Crippen LogP contribution in [0.1, 0.15) is 18.9 Å². The van der Waals surface area contributed by atoms with Gasteiger partial charge in [-0.25, -0.2) is 9.37 Å². The summed E-state index contributed by atoms with van der Waals surface area (Å²) in [6.07, 6.45) is 2.75. The summed E-state index contributed by atoms with van der Waals surface area (Å²) >= 11 is 0. The quantitative estimate of drug-likeness (QED) is 0.864. The zero-order valence-corrected chi connectivity index (χ0v) is 11.1. The lowest BCUT2D eigenvalue weighted by Crippen LogP contribution is -2.06. The van der Waals surface area contributed by atoms with Crippen LogP contribution in [0.3, 0.4) is 0 Å². The number of aromatic nitrogens is 2. The van der Waals surface area contributed by atoms with Crippen LogP contribution in [0.5, 0.6) is 0 Å². The molecule has 0 aliphatic heterocycles. The van der Waals surface area contributed by atoms with E-state index in [1.165, 1.54) is 12.1 Å². The first-order valence-corrected chi connectivity index (χ1v) is 6.29. The van der Waals surface area contributed by atoms with E-state index < -0.39 is 0 Å². The third kappa shape index (κ3) is 3.64. The lowest BCUT2D eigenvalue weighted by atomic mass is 10.3. The SMILES string of the molecule is CCCNc1ncc(C)c(Nc2cccc(F)c2)n1. The van der Waals surface area contributed by atoms with Crippen molar-refractivity contribution in [3.63, 3.8) is 0 Å². The minimum absolute atomic E-state index is 0.277. The fourth-order valence-corrected chi connectivity index (χ4v) is 1.59. The van der Waals surface area contributed by atoms with Crippen molar-refractivity contribution >= 4 is 17.5 Å². The summed E-state index contributed by atoms with van der Waals surface area (Å²) in [6, 6.07) is 6.29. The lowest BCUT2D eigenvalue weighted by Gasteiger charge is -2.10. The molecule has 1 heterocycles. The highest BCUT2D eigenvalue weighted by molar-refractivity contribution is 5.59. The second-order valence-electron chi connectivity index (χ2n) is 4.29. The van der Waals surface area contributed by atoms with E-state index in [1.54, 1.807) is 18.3 Å². The van der Waals surface area contributed by atoms with Gasteiger partial charge in [-0.2, -0.15) is 4.98 Å². The maximum absolute atomic E-state index is 13.1. The number of hydrogen-bond acceptors (Lipinski definition) is 4. The molecule has 0 bridgehead atoms. The molecular formula is C14H17FN4. The van der Waals surface area contributed by atoms with E-state index in [-0.39, 0.29) is 5.82 Å². The Morgan fingerprint density at radius 2 is 2.16 bits per heavy atom. The first kappa shape index (κ1) is 13.3. The van der Waals surface area contributed by atoms with Crippen LogP contribution in [0.4, 0.5) is 21.8 Å². The number of nitrogens with zero attached hydrogens (tertiary/aromatic N) is 2. The summed E-state index contributed by atoms with van der Waals surface area (Å²) in [5, 5.41) is 6.22. The molecule has 5 heteroatoms. The van der Waals surface area contributed by atoms with Crippen LogP contribution >= 0.6 is 0 Å². The Morgan fingerprint density at radius 1 is 1.32 bits per heavy atom. The second kappa shape index (κ2) is 6.13. The van der Waals surface area contributed by atoms with Crippen LogP contribution in [-0.4, -0.2) is 16.5 Å². The molecule has 100 valence electrons. The summed E-state index contributed by atoms with van der Waals surface area (Å²) in [7, 11) is 0. The van der Waals surface area contributed by atoms with Crippen LogP contribution in [0.25, 0.3) is 0 Å². The summed E-state index contributed by atoms with van der Waals surface area (Å²) < 4.78 is 13.1. The van der Waals surface area contributed by atoms with Crippen LogP contribution in [0.15, 0.2) is 30.5 Å². The van der Waals surface area contributed by atoms with Crippen molar-refractivity contribution < 1.29 is 4.39 Å². The largest absolute Gasteiger partial charge is 0.354 e. The maximum Gasteiger partial charge on any atom is 0.224 e. The van der Waals surface area contributed by atoms with Crippen molar-refractivity contribution in [3.05, 3.63) is 41.8 Å². The molecule has 0 aliphatic carbocycles. The Labute approximate surface area is 112 Å². The van der Waals surface area contributed by atoms with Crippen molar-refractivity contribution in [2.75, 3.05) is 17.2 Å². The van der Waals surface area contributed by atoms with Crippen LogP contribution in [0, 0.1) is 12.7 Å². The Balaban J connectivity index is 2.19. The molecular weight excluding hydrogens is 243 g/mol. The molecule has 2 rings (SSSR count). The summed E-state index contributed by atoms with van der Waals surface area (Å²) in [4.78, 5) is 8.58. The van der Waals surface area contributed by atoms with Crippen molar-refractivity contribution in [3.8, 4) is 0 Å². The average Bonchev–Trinajstić information content (AvgIpc) is 2.40. The molecule has 0 aliphatic rings. The second-order valence-corrected chi connectivity index (χ2v) is 4.29. The molecule has 0 fully saturated rings. The first-order chi connectivity index (χ1) is 9.19. The van der Waals surface area contributed by atoms with Crippen LogP contribution in [0.2, 0.25) is 0 Å². The monoisotopic (exact) mass is 260 g/mol. The Bertz CT molecular complexity index is 557. The van der Waals surface area contributed by atoms with E-state index in [1.807, 2.05) is 6.92 Å². The Morgan fingerprint density at radius 3 is 2.89 bits per heavy atom. The average molecular weight is 260 g/mol. The molecule has 4 nitrogen and oxygen atoms in total. The predicted octanol–water partition coefficient (Wildman–Crippen LogP) is 3.49. The minimum atomic E-state index is -0.277. The number of aryl methyl sites for hydroxylation is 1. The normalized spacial score (nSPS) is 10.3. The number of rotatable bonds is 5. The Kier molecular flexibility index (Phi) is 4.28. The van der Waals surface area contributed by atoms with E-state index >= 15 is 0 Å². The molecule has 19 heavy (non-hydrogen) atoms. The van der Waals surface area contributed by atoms with E-state index in [9.17, 15) is 4.39 Å². The minimum Gasteiger partial charge on any atom is -0.354 e. The highest BCUT2D eigenvalue weighted by atomic mass is 19.1. The standard InChI is InChI=1S/C14H17FN4/c1-3-7-16-14-17-9-10(2)13(19-14)18-12-6-4-5-11(15)8-12/h4-6,8-9H,3,7H2,1-2H3,(H2,16,17,18,19). The van der Waals surface area contributed by atoms with Gasteiger partial charge in [0.2, 0.25) is 5.95 Å². The van der Waals surface area contributed by atoms with Crippen molar-refractivity contribution in [2.45, 2.75) is 20.3 Å². The van der Waals surface area contributed by atoms with Gasteiger partial charge in [0, 0.05) is 24.0 Å². The van der Waals surface area contributed by atoms with Gasteiger partial charge in [-0.15, -0.1) is 0 Å². The molecule has 0 radical (unpaired) electrons. The highest BCUT2D eigenvalue weighted by Gasteiger charge is 2.04. The van der Waals surface area contributed by atoms with Gasteiger partial charge in [0.05, 0.1) is 0 Å². The molecule has 0 saturated heterocycles. The first-order valence-electron chi connectivity index (χ1n) is 6.29. The predicted molar refractivity (Wildman–Crippen MR) is 75.2 cm³/mol. The zero-order chi connectivity index (χ0) is 13.7. The van der Waals surface area contributed by atoms with E-state index in [2.05, 4.69) is 27.5 Å². The highest BCUT2D eigenvalue weighted by Crippen LogP contribution is 2.19. The van der Waals surface area contributed by atoms with Crippen molar-refractivity contribution in [1.29, 1.82) is 0 Å². The van der Waals surface area contributed by atoms with E-state index in [0.29, 0.717) is 17.5 Å². The van der Waals surface area contributed by atoms with Crippen LogP contribution in [-0.2, 0) is 0 Å². The fourth-order valence-electron chi connectivity index (χ4n) is 1.59. The summed E-state index contributed by atoms with van der Waals surface area (Å²) in [5.41, 5.74) is 1.58. The van der Waals surface area contributed by atoms with E-state index in [4.69, 9.17) is 0 Å². The third-order valence-electron chi connectivity index (χ3n) is 2.59. The molecule has 0 spiro atoms. The molecule has 2 N–H and O–H groups in total. The van der Waals surface area contributed by atoms with Gasteiger partial charge in [0.25, 0.3) is 0 Å². The van der Waals surface area contributed by atoms with Gasteiger partial charge in [0.1, 0.15) is 11.6 Å². The number of halogens is 1. The summed E-state index contributed by atoms with van der Waals surface area (Å²) in [6.45, 7) is 4.81. The maximum atomic E-state index is 13.1. The molecule has 0 atom stereocenters. The lowest BCUT2D eigenvalue weighted by molar-refractivity contribution is 0.628. The Hall–Kier alpha value is -2.17. The van der Waals surface area contributed by atoms with Gasteiger partial charge in [-0.1, -0.05) is 13.0 Å². The van der Waals surface area contributed by atoms with Gasteiger partial charge in [-0.05, 0) is 31.5 Å². The van der Waals surface area contributed by atoms with Gasteiger partial charge in [0.15, 0.2) is 0 Å². The zero-order valence-electron chi connectivity index (χ0n) is 11.1. The molecule has 2 aromatic rings. The summed E-state index contributed by atoms with van der Waals surface area (Å²) in [5.74, 6) is 0.978. The van der Waals surface area contributed by atoms with Crippen LogP contribution < -0.4 is 10.6 Å². The van der Waals surface area contributed by atoms with E-state index in [0.717, 1.165) is 18.5 Å². The number of hydrogen-bond donors (Lipinski definition) is 2. The topological polar surface area (TPSA) is 49.8 Å². The molecule has 0 saturated carbocycles. The van der Waals surface area contributed by atoms with Crippen molar-refractivity contribution in [2.24, 2.45) is 0 Å². The number of benzene rings is 1. The smallest absolute Gasteiger partial charge is 0.224 e. The number of anilines is 3. The molecule has 1 aromatic carbocycles. The molecule has 1 aromatic heterocycles. The fraction of sp³-hybridized carbons (Fsp3) is 0.286. The molecule has 0 unspecified atom stereocenters. The van der Waals surface area contributed by atoms with Gasteiger partial charge < -0.3 is 10.6 Å². The number of nitrogens with one attached hydrogen (secondary N) is 2. The van der Waals surface area contributed by atoms with Gasteiger partial charge in [-0.3, -0.25) is 0 Å². The van der Waals surface area contributed by atoms with Crippen molar-refractivity contribution in [1.82, 2.24) is 9.97 Å². The third-order valence-corrected chi connectivity index (χ3v) is 2.59.